The molecule has 2 aromatic carbocycles. The molecule has 0 atom stereocenters. The van der Waals surface area contributed by atoms with Crippen molar-refractivity contribution in [2.75, 3.05) is 11.9 Å². The first-order chi connectivity index (χ1) is 11.0. The Balaban J connectivity index is 1.99. The van der Waals surface area contributed by atoms with E-state index in [0.29, 0.717) is 17.0 Å². The number of nitrogens with one attached hydrogen (secondary N) is 1. The molecule has 7 nitrogen and oxygen atoms in total. The Kier molecular flexibility index (Phi) is 5.27. The zero-order valence-corrected chi connectivity index (χ0v) is 12.4. The quantitative estimate of drug-likeness (QED) is 0.497. The summed E-state index contributed by atoms with van der Waals surface area (Å²) in [6.07, 6.45) is 0.430. The number of aldehydes is 1. The summed E-state index contributed by atoms with van der Waals surface area (Å²) in [6.45, 7) is -0.346. The highest BCUT2D eigenvalue weighted by atomic mass is 35.5. The Hall–Kier alpha value is -2.93. The van der Waals surface area contributed by atoms with Gasteiger partial charge in [0.25, 0.3) is 11.6 Å². The largest absolute Gasteiger partial charge is 0.483 e. The van der Waals surface area contributed by atoms with E-state index in [-0.39, 0.29) is 23.6 Å². The Bertz CT molecular complexity index is 746. The van der Waals surface area contributed by atoms with Gasteiger partial charge < -0.3 is 10.1 Å². The van der Waals surface area contributed by atoms with E-state index in [9.17, 15) is 19.7 Å². The minimum atomic E-state index is -0.621. The van der Waals surface area contributed by atoms with Crippen molar-refractivity contribution in [3.63, 3.8) is 0 Å². The van der Waals surface area contributed by atoms with Gasteiger partial charge in [-0.3, -0.25) is 19.7 Å². The molecule has 2 aromatic rings. The van der Waals surface area contributed by atoms with Gasteiger partial charge >= 0.3 is 0 Å². The summed E-state index contributed by atoms with van der Waals surface area (Å²) in [7, 11) is 0. The minimum Gasteiger partial charge on any atom is -0.483 e. The molecule has 0 fully saturated rings. The predicted octanol–water partition coefficient (Wildman–Crippen LogP) is 3.08. The smallest absolute Gasteiger partial charge is 0.270 e. The van der Waals surface area contributed by atoms with E-state index in [1.807, 2.05) is 0 Å². The number of rotatable bonds is 6. The maximum absolute atomic E-state index is 11.8. The highest BCUT2D eigenvalue weighted by Crippen LogP contribution is 2.22. The summed E-state index contributed by atoms with van der Waals surface area (Å²) in [4.78, 5) is 32.8. The standard InChI is InChI=1S/C15H11ClN2O5/c16-11-1-3-12(4-2-11)17-15(20)9-23-14-6-5-13(18(21)22)7-10(14)8-19/h1-8H,9H2,(H,17,20). The maximum atomic E-state index is 11.8. The van der Waals surface area contributed by atoms with Crippen LogP contribution < -0.4 is 10.1 Å². The van der Waals surface area contributed by atoms with Crippen LogP contribution in [0.1, 0.15) is 10.4 Å². The van der Waals surface area contributed by atoms with Gasteiger partial charge in [0.2, 0.25) is 0 Å². The van der Waals surface area contributed by atoms with Crippen LogP contribution in [0.25, 0.3) is 0 Å². The predicted molar refractivity (Wildman–Crippen MR) is 84.1 cm³/mol. The number of nitro groups is 1. The van der Waals surface area contributed by atoms with Gasteiger partial charge in [-0.25, -0.2) is 0 Å². The Morgan fingerprint density at radius 2 is 1.96 bits per heavy atom. The number of nitrogens with zero attached hydrogens (tertiary/aromatic N) is 1. The molecule has 2 rings (SSSR count). The highest BCUT2D eigenvalue weighted by molar-refractivity contribution is 6.30. The molecule has 0 saturated heterocycles. The number of non-ortho nitro benzene ring substituents is 1. The highest BCUT2D eigenvalue weighted by Gasteiger charge is 2.12. The molecule has 0 radical (unpaired) electrons. The van der Waals surface area contributed by atoms with Crippen molar-refractivity contribution in [1.29, 1.82) is 0 Å². The van der Waals surface area contributed by atoms with Crippen molar-refractivity contribution in [3.05, 3.63) is 63.2 Å². The number of hydrogen-bond donors (Lipinski definition) is 1. The van der Waals surface area contributed by atoms with E-state index in [4.69, 9.17) is 16.3 Å². The number of nitro benzene ring substituents is 1. The fourth-order valence-corrected chi connectivity index (χ4v) is 1.87. The number of hydrogen-bond acceptors (Lipinski definition) is 5. The number of carbonyl (C=O) groups excluding carboxylic acids is 2. The van der Waals surface area contributed by atoms with Crippen LogP contribution in [-0.4, -0.2) is 23.7 Å². The van der Waals surface area contributed by atoms with Crippen LogP contribution in [0.3, 0.4) is 0 Å². The second kappa shape index (κ2) is 7.37. The molecule has 1 N–H and O–H groups in total. The van der Waals surface area contributed by atoms with Crippen LogP contribution in [-0.2, 0) is 4.79 Å². The van der Waals surface area contributed by atoms with Crippen molar-refractivity contribution in [1.82, 2.24) is 0 Å². The second-order valence-electron chi connectivity index (χ2n) is 4.44. The van der Waals surface area contributed by atoms with Crippen molar-refractivity contribution >= 4 is 35.2 Å². The number of halogens is 1. The zero-order valence-electron chi connectivity index (χ0n) is 11.7. The number of carbonyl (C=O) groups is 2. The third-order valence-corrected chi connectivity index (χ3v) is 3.07. The molecule has 8 heteroatoms. The summed E-state index contributed by atoms with van der Waals surface area (Å²) in [5.41, 5.74) is 0.311. The lowest BCUT2D eigenvalue weighted by Crippen LogP contribution is -2.20. The Morgan fingerprint density at radius 1 is 1.26 bits per heavy atom. The van der Waals surface area contributed by atoms with E-state index in [1.54, 1.807) is 24.3 Å². The van der Waals surface area contributed by atoms with Crippen molar-refractivity contribution < 1.29 is 19.2 Å². The van der Waals surface area contributed by atoms with Gasteiger partial charge in [0.15, 0.2) is 12.9 Å². The molecular weight excluding hydrogens is 324 g/mol. The van der Waals surface area contributed by atoms with Crippen LogP contribution in [0.5, 0.6) is 5.75 Å². The van der Waals surface area contributed by atoms with Gasteiger partial charge in [0.05, 0.1) is 10.5 Å². The molecule has 23 heavy (non-hydrogen) atoms. The van der Waals surface area contributed by atoms with E-state index < -0.39 is 10.8 Å². The lowest BCUT2D eigenvalue weighted by atomic mass is 10.2. The molecular formula is C15H11ClN2O5. The summed E-state index contributed by atoms with van der Waals surface area (Å²) in [5, 5.41) is 13.8. The molecule has 118 valence electrons. The van der Waals surface area contributed by atoms with Crippen LogP contribution in [0.2, 0.25) is 5.02 Å². The Labute approximate surface area is 136 Å². The lowest BCUT2D eigenvalue weighted by molar-refractivity contribution is -0.384. The molecule has 0 unspecified atom stereocenters. The summed E-state index contributed by atoms with van der Waals surface area (Å²) in [5.74, 6) is -0.348. The average molecular weight is 335 g/mol. The van der Waals surface area contributed by atoms with E-state index in [2.05, 4.69) is 5.32 Å². The molecule has 0 saturated carbocycles. The number of anilines is 1. The van der Waals surface area contributed by atoms with E-state index in [0.717, 1.165) is 6.07 Å². The van der Waals surface area contributed by atoms with Gasteiger partial charge in [-0.2, -0.15) is 0 Å². The van der Waals surface area contributed by atoms with Crippen LogP contribution in [0.4, 0.5) is 11.4 Å². The first kappa shape index (κ1) is 16.4. The van der Waals surface area contributed by atoms with Crippen LogP contribution >= 0.6 is 11.6 Å². The molecule has 0 aliphatic heterocycles. The number of amides is 1. The SMILES string of the molecule is O=Cc1cc([N+](=O)[O-])ccc1OCC(=O)Nc1ccc(Cl)cc1. The molecule has 0 aliphatic rings. The normalized spacial score (nSPS) is 9.96. The molecule has 0 aromatic heterocycles. The average Bonchev–Trinajstić information content (AvgIpc) is 2.54. The summed E-state index contributed by atoms with van der Waals surface area (Å²) < 4.78 is 5.23. The third-order valence-electron chi connectivity index (χ3n) is 2.82. The van der Waals surface area contributed by atoms with E-state index >= 15 is 0 Å². The fraction of sp³-hybridized carbons (Fsp3) is 0.0667. The fourth-order valence-electron chi connectivity index (χ4n) is 1.75. The lowest BCUT2D eigenvalue weighted by Gasteiger charge is -2.09. The monoisotopic (exact) mass is 334 g/mol. The van der Waals surface area contributed by atoms with Crippen molar-refractivity contribution in [3.8, 4) is 5.75 Å². The van der Waals surface area contributed by atoms with Crippen LogP contribution in [0, 0.1) is 10.1 Å². The summed E-state index contributed by atoms with van der Waals surface area (Å²) in [6, 6.07) is 10.1. The Morgan fingerprint density at radius 3 is 2.57 bits per heavy atom. The van der Waals surface area contributed by atoms with Crippen molar-refractivity contribution in [2.24, 2.45) is 0 Å². The van der Waals surface area contributed by atoms with Crippen molar-refractivity contribution in [2.45, 2.75) is 0 Å². The molecule has 0 aliphatic carbocycles. The second-order valence-corrected chi connectivity index (χ2v) is 4.88. The van der Waals surface area contributed by atoms with Gasteiger partial charge in [0, 0.05) is 22.8 Å². The first-order valence-corrected chi connectivity index (χ1v) is 6.79. The molecule has 0 spiro atoms. The maximum Gasteiger partial charge on any atom is 0.270 e. The number of benzene rings is 2. The van der Waals surface area contributed by atoms with Gasteiger partial charge in [-0.15, -0.1) is 0 Å². The third kappa shape index (κ3) is 4.52. The minimum absolute atomic E-state index is 0.00140. The zero-order chi connectivity index (χ0) is 16.8. The van der Waals surface area contributed by atoms with E-state index in [1.165, 1.54) is 12.1 Å². The van der Waals surface area contributed by atoms with Gasteiger partial charge in [-0.1, -0.05) is 11.6 Å². The van der Waals surface area contributed by atoms with Gasteiger partial charge in [0.1, 0.15) is 5.75 Å². The number of ether oxygens (including phenoxy) is 1. The molecule has 1 amide bonds. The summed E-state index contributed by atoms with van der Waals surface area (Å²) >= 11 is 5.74. The first-order valence-electron chi connectivity index (χ1n) is 6.41. The molecule has 0 bridgehead atoms. The topological polar surface area (TPSA) is 98.5 Å². The van der Waals surface area contributed by atoms with Gasteiger partial charge in [-0.05, 0) is 30.3 Å². The molecule has 0 heterocycles. The van der Waals surface area contributed by atoms with Crippen LogP contribution in [0.15, 0.2) is 42.5 Å².